The van der Waals surface area contributed by atoms with Gasteiger partial charge in [-0.15, -0.1) is 0 Å². The van der Waals surface area contributed by atoms with Gasteiger partial charge in [0.15, 0.2) is 0 Å². The van der Waals surface area contributed by atoms with Gasteiger partial charge in [-0.25, -0.2) is 0 Å². The van der Waals surface area contributed by atoms with Gasteiger partial charge in [-0.3, -0.25) is 0 Å². The van der Waals surface area contributed by atoms with Crippen LogP contribution >= 0.6 is 0 Å². The molecule has 0 aliphatic carbocycles. The van der Waals surface area contributed by atoms with Crippen LogP contribution in [-0.4, -0.2) is 17.3 Å². The zero-order valence-corrected chi connectivity index (χ0v) is 21.0. The maximum absolute atomic E-state index is 7.15. The van der Waals surface area contributed by atoms with E-state index in [-0.39, 0.29) is 158 Å². The summed E-state index contributed by atoms with van der Waals surface area (Å²) in [5.74, 6) is 2.93. The van der Waals surface area contributed by atoms with Crippen LogP contribution in [0.1, 0.15) is 172 Å². The van der Waals surface area contributed by atoms with Crippen LogP contribution in [0.25, 0.3) is 0 Å². The normalized spacial score (nSPS) is 9.18. The van der Waals surface area contributed by atoms with Crippen LogP contribution in [0.4, 0.5) is 0 Å². The summed E-state index contributed by atoms with van der Waals surface area (Å²) in [6.45, 7) is 6.57. The minimum atomic E-state index is 0. The Labute approximate surface area is 286 Å². The molecular weight excluding hydrogens is 585 g/mol. The van der Waals surface area contributed by atoms with Gasteiger partial charge in [0.2, 0.25) is 0 Å². The summed E-state index contributed by atoms with van der Waals surface area (Å²) in [5.41, 5.74) is 0. The molecule has 0 N–H and O–H groups in total. The average molecular weight is 672 g/mol. The van der Waals surface area contributed by atoms with Crippen molar-refractivity contribution in [2.45, 2.75) is 168 Å². The average Bonchev–Trinajstić information content (AvgIpc) is 2.51. The first-order valence-corrected chi connectivity index (χ1v) is 9.04. The summed E-state index contributed by atoms with van der Waals surface area (Å²) in [7, 11) is 0. The molecule has 0 aliphatic rings. The second-order valence-electron chi connectivity index (χ2n) is 4.21. The van der Waals surface area contributed by atoms with Crippen molar-refractivity contribution in [1.29, 1.82) is 0 Å². The van der Waals surface area contributed by atoms with Crippen molar-refractivity contribution in [2.75, 3.05) is 17.3 Å². The second kappa shape index (κ2) is 154. The molecule has 0 fully saturated rings. The maximum Gasteiger partial charge on any atom is 0.0266 e. The van der Waals surface area contributed by atoms with E-state index in [9.17, 15) is 0 Å². The van der Waals surface area contributed by atoms with E-state index in [1.165, 1.54) is 0 Å². The van der Waals surface area contributed by atoms with Crippen LogP contribution in [-0.2, 0) is 93.6 Å². The molecule has 0 saturated heterocycles. The minimum absolute atomic E-state index is 0. The predicted octanol–water partition coefficient (Wildman–Crippen LogP) is 13.0. The second-order valence-corrected chi connectivity index (χ2v) is 5.44. The molecule has 3 atom stereocenters. The van der Waals surface area contributed by atoms with Gasteiger partial charge in [0.1, 0.15) is 0 Å². The molecule has 0 amide bonds. The first-order valence-electron chi connectivity index (χ1n) is 9.17. The Kier molecular flexibility index (Phi) is 448. The van der Waals surface area contributed by atoms with Crippen molar-refractivity contribution in [1.82, 2.24) is 0 Å². The molecule has 6 heteroatoms. The Morgan fingerprint density at radius 3 is 1.03 bits per heavy atom. The zero-order valence-electron chi connectivity index (χ0n) is 17.4. The molecule has 34 heavy (non-hydrogen) atoms. The van der Waals surface area contributed by atoms with E-state index in [4.69, 9.17) is 16.7 Å². The Hall–Kier alpha value is 2.80. The number of hydrogen-bond acceptors (Lipinski definition) is 3. The molecule has 3 unspecified atom stereocenters. The first kappa shape index (κ1) is 99.2. The predicted molar refractivity (Wildman–Crippen MR) is 181 cm³/mol. The van der Waals surface area contributed by atoms with E-state index in [0.717, 1.165) is 55.8 Å². The summed E-state index contributed by atoms with van der Waals surface area (Å²) >= 11 is 14.1. The fourth-order valence-electron chi connectivity index (χ4n) is 0.946. The van der Waals surface area contributed by atoms with Gasteiger partial charge >= 0.3 is 0 Å². The Morgan fingerprint density at radius 1 is 0.588 bits per heavy atom. The molecule has 3 radical (unpaired) electrons. The third-order valence-corrected chi connectivity index (χ3v) is 3.11. The third kappa shape index (κ3) is 209. The Bertz CT molecular complexity index is 199. The molecule has 0 nitrogen and oxygen atoms in total. The molecule has 0 aromatic heterocycles. The van der Waals surface area contributed by atoms with Gasteiger partial charge < -0.3 is 37.9 Å². The molecular formula is C28H83S3V3-3. The van der Waals surface area contributed by atoms with Crippen molar-refractivity contribution in [3.63, 3.8) is 0 Å². The quantitative estimate of drug-likeness (QED) is 0.224. The van der Waals surface area contributed by atoms with Crippen molar-refractivity contribution in [3.05, 3.63) is 0 Å². The monoisotopic (exact) mass is 671 g/mol. The molecule has 0 spiro atoms. The fourth-order valence-corrected chi connectivity index (χ4v) is 1.61. The SMILES string of the molecule is C.C.C.C.C.C.C.C.C.C.C.C.[2H]C(C)CCC[S-].[2H]C(CC)CC[S-].[2H]CC(CC)CC[S-].[V].[V].[V]. The fraction of sp³-hybridized carbons (Fsp3) is 1.00. The molecule has 0 heterocycles. The molecule has 0 aliphatic heterocycles. The van der Waals surface area contributed by atoms with Gasteiger partial charge in [-0.2, -0.15) is 17.3 Å². The summed E-state index contributed by atoms with van der Waals surface area (Å²) in [4.78, 5) is 0. The van der Waals surface area contributed by atoms with Crippen molar-refractivity contribution < 1.29 is 59.8 Å². The van der Waals surface area contributed by atoms with Crippen molar-refractivity contribution >= 4 is 37.9 Å². The van der Waals surface area contributed by atoms with Crippen LogP contribution in [0.5, 0.6) is 0 Å². The summed E-state index contributed by atoms with van der Waals surface area (Å²) in [6, 6.07) is 0. The summed E-state index contributed by atoms with van der Waals surface area (Å²) in [6.07, 6.45) is 6.15. The smallest absolute Gasteiger partial charge is 0.0266 e. The van der Waals surface area contributed by atoms with Crippen LogP contribution < -0.4 is 0 Å². The van der Waals surface area contributed by atoms with Crippen LogP contribution in [0.3, 0.4) is 0 Å². The van der Waals surface area contributed by atoms with Gasteiger partial charge in [0.25, 0.3) is 0 Å². The van der Waals surface area contributed by atoms with Crippen LogP contribution in [0.2, 0.25) is 0 Å². The number of rotatable bonds is 9. The van der Waals surface area contributed by atoms with E-state index in [1.807, 2.05) is 13.8 Å². The van der Waals surface area contributed by atoms with Crippen LogP contribution in [0.15, 0.2) is 0 Å². The van der Waals surface area contributed by atoms with Gasteiger partial charge in [0, 0.05) is 59.8 Å². The first-order chi connectivity index (χ1) is 10.4. The van der Waals surface area contributed by atoms with E-state index in [0.29, 0.717) is 12.8 Å². The van der Waals surface area contributed by atoms with Gasteiger partial charge in [-0.05, 0) is 5.92 Å². The zero-order chi connectivity index (χ0) is 17.8. The van der Waals surface area contributed by atoms with Crippen LogP contribution in [0, 0.1) is 5.92 Å². The van der Waals surface area contributed by atoms with Crippen molar-refractivity contribution in [3.8, 4) is 0 Å². The van der Waals surface area contributed by atoms with E-state index < -0.39 is 0 Å². The Balaban J connectivity index is -0.00000000762. The largest absolute Gasteiger partial charge is 0.793 e. The molecule has 0 rings (SSSR count). The molecule has 0 saturated carbocycles. The molecule has 0 aromatic rings. The minimum Gasteiger partial charge on any atom is -0.793 e. The summed E-state index contributed by atoms with van der Waals surface area (Å²) in [5, 5.41) is 0. The molecule has 0 aromatic carbocycles. The van der Waals surface area contributed by atoms with Gasteiger partial charge in [-0.1, -0.05) is 168 Å². The third-order valence-electron chi connectivity index (χ3n) is 2.35. The Morgan fingerprint density at radius 2 is 0.941 bits per heavy atom. The standard InChI is InChI=1S/C6H14S.2C5H12S.12CH4.3V/c1-3-6(2)4-5-7;2*1-2-3-4-5-6;;;;;;;;;;;;;;;/h6-7H,3-5H2,1-2H3;2*6H,2-5H2,1H3;12*1H4;;;/p-3/i2D;3D;2D;;;;;;;;;;;;;;;. The maximum atomic E-state index is 7.15. The van der Waals surface area contributed by atoms with Gasteiger partial charge in [0.05, 0.1) is 0 Å². The topological polar surface area (TPSA) is 0 Å². The molecule has 231 valence electrons. The van der Waals surface area contributed by atoms with Crippen molar-refractivity contribution in [2.24, 2.45) is 5.92 Å². The van der Waals surface area contributed by atoms with E-state index in [1.54, 1.807) is 0 Å². The summed E-state index contributed by atoms with van der Waals surface area (Å²) < 4.78 is 21.2. The van der Waals surface area contributed by atoms with E-state index >= 15 is 0 Å². The molecule has 0 bridgehead atoms. The van der Waals surface area contributed by atoms with E-state index in [2.05, 4.69) is 32.2 Å². The number of hydrogen-bond donors (Lipinski definition) is 0.